The zero-order chi connectivity index (χ0) is 11.5. The molecule has 15 heavy (non-hydrogen) atoms. The van der Waals surface area contributed by atoms with Crippen LogP contribution in [0.5, 0.6) is 0 Å². The van der Waals surface area contributed by atoms with Crippen LogP contribution in [-0.2, 0) is 9.47 Å². The van der Waals surface area contributed by atoms with Gasteiger partial charge >= 0.3 is 0 Å². The van der Waals surface area contributed by atoms with Gasteiger partial charge in [0, 0.05) is 24.9 Å². The Morgan fingerprint density at radius 1 is 1.33 bits per heavy atom. The Bertz CT molecular complexity index is 134. The van der Waals surface area contributed by atoms with Crippen LogP contribution in [0.3, 0.4) is 0 Å². The van der Waals surface area contributed by atoms with Crippen molar-refractivity contribution in [1.29, 1.82) is 0 Å². The first-order valence-corrected chi connectivity index (χ1v) is 6.48. The Balaban J connectivity index is 3.33. The highest BCUT2D eigenvalue weighted by Gasteiger charge is 2.13. The fourth-order valence-corrected chi connectivity index (χ4v) is 1.82. The first kappa shape index (κ1) is 15.2. The van der Waals surface area contributed by atoms with E-state index in [-0.39, 0.29) is 11.9 Å². The number of hydrogen-bond donors (Lipinski definition) is 2. The van der Waals surface area contributed by atoms with Crippen LogP contribution in [0.15, 0.2) is 0 Å². The van der Waals surface area contributed by atoms with Crippen LogP contribution in [-0.4, -0.2) is 62.7 Å². The normalized spacial score (nSPS) is 15.2. The van der Waals surface area contributed by atoms with Crippen molar-refractivity contribution < 1.29 is 14.6 Å². The summed E-state index contributed by atoms with van der Waals surface area (Å²) >= 11 is 1.68. The molecule has 0 amide bonds. The van der Waals surface area contributed by atoms with E-state index in [4.69, 9.17) is 14.6 Å². The number of rotatable bonds is 10. The van der Waals surface area contributed by atoms with Crippen molar-refractivity contribution in [2.24, 2.45) is 0 Å². The molecule has 0 aromatic rings. The van der Waals surface area contributed by atoms with Crippen LogP contribution in [0, 0.1) is 0 Å². The van der Waals surface area contributed by atoms with Crippen molar-refractivity contribution in [2.45, 2.75) is 18.2 Å². The smallest absolute Gasteiger partial charge is 0.0700 e. The highest BCUT2D eigenvalue weighted by atomic mass is 32.2. The molecule has 2 N–H and O–H groups in total. The third kappa shape index (κ3) is 8.04. The molecule has 0 rings (SSSR count). The molecule has 2 unspecified atom stereocenters. The Labute approximate surface area is 96.7 Å². The van der Waals surface area contributed by atoms with Crippen molar-refractivity contribution in [3.8, 4) is 0 Å². The molecule has 0 saturated carbocycles. The predicted octanol–water partition coefficient (Wildman–Crippen LogP) is 0.351. The SMILES string of the molecule is COCCOCCNC(C)C(CO)SC. The summed E-state index contributed by atoms with van der Waals surface area (Å²) in [6, 6.07) is 0.302. The van der Waals surface area contributed by atoms with Gasteiger partial charge in [-0.2, -0.15) is 11.8 Å². The van der Waals surface area contributed by atoms with E-state index in [2.05, 4.69) is 12.2 Å². The Morgan fingerprint density at radius 2 is 2.07 bits per heavy atom. The number of nitrogens with one attached hydrogen (secondary N) is 1. The first-order valence-electron chi connectivity index (χ1n) is 5.20. The summed E-state index contributed by atoms with van der Waals surface area (Å²) in [4.78, 5) is 0. The standard InChI is InChI=1S/C10H23NO3S/c1-9(10(8-12)15-3)11-4-5-14-7-6-13-2/h9-12H,4-8H2,1-3H3. The minimum Gasteiger partial charge on any atom is -0.395 e. The van der Waals surface area contributed by atoms with Crippen LogP contribution < -0.4 is 5.32 Å². The Morgan fingerprint density at radius 3 is 2.60 bits per heavy atom. The monoisotopic (exact) mass is 237 g/mol. The van der Waals surface area contributed by atoms with Gasteiger partial charge in [0.25, 0.3) is 0 Å². The van der Waals surface area contributed by atoms with Crippen LogP contribution in [0.4, 0.5) is 0 Å². The van der Waals surface area contributed by atoms with Gasteiger partial charge in [-0.15, -0.1) is 0 Å². The molecule has 5 heteroatoms. The minimum atomic E-state index is 0.208. The van der Waals surface area contributed by atoms with Crippen molar-refractivity contribution in [3.05, 3.63) is 0 Å². The van der Waals surface area contributed by atoms with Crippen LogP contribution in [0.2, 0.25) is 0 Å². The maximum absolute atomic E-state index is 9.06. The van der Waals surface area contributed by atoms with Crippen molar-refractivity contribution >= 4 is 11.8 Å². The minimum absolute atomic E-state index is 0.208. The lowest BCUT2D eigenvalue weighted by atomic mass is 10.2. The van der Waals surface area contributed by atoms with E-state index < -0.39 is 0 Å². The van der Waals surface area contributed by atoms with Crippen molar-refractivity contribution in [1.82, 2.24) is 5.32 Å². The van der Waals surface area contributed by atoms with Gasteiger partial charge in [0.15, 0.2) is 0 Å². The highest BCUT2D eigenvalue weighted by molar-refractivity contribution is 7.99. The number of hydrogen-bond acceptors (Lipinski definition) is 5. The molecular formula is C10H23NO3S. The summed E-state index contributed by atoms with van der Waals surface area (Å²) in [5.74, 6) is 0. The summed E-state index contributed by atoms with van der Waals surface area (Å²) in [7, 11) is 1.66. The van der Waals surface area contributed by atoms with Crippen LogP contribution in [0.25, 0.3) is 0 Å². The van der Waals surface area contributed by atoms with Crippen molar-refractivity contribution in [2.75, 3.05) is 46.3 Å². The largest absolute Gasteiger partial charge is 0.395 e. The lowest BCUT2D eigenvalue weighted by Crippen LogP contribution is -2.39. The molecule has 2 atom stereocenters. The second kappa shape index (κ2) is 10.7. The van der Waals surface area contributed by atoms with E-state index in [1.54, 1.807) is 18.9 Å². The van der Waals surface area contributed by atoms with Gasteiger partial charge in [-0.25, -0.2) is 0 Å². The van der Waals surface area contributed by atoms with Crippen LogP contribution >= 0.6 is 11.8 Å². The van der Waals surface area contributed by atoms with Gasteiger partial charge in [-0.1, -0.05) is 0 Å². The highest BCUT2D eigenvalue weighted by Crippen LogP contribution is 2.09. The maximum atomic E-state index is 9.06. The molecule has 4 nitrogen and oxygen atoms in total. The maximum Gasteiger partial charge on any atom is 0.0700 e. The van der Waals surface area contributed by atoms with E-state index in [1.807, 2.05) is 6.26 Å². The Kier molecular flexibility index (Phi) is 10.8. The van der Waals surface area contributed by atoms with E-state index >= 15 is 0 Å². The average molecular weight is 237 g/mol. The molecule has 0 radical (unpaired) electrons. The summed E-state index contributed by atoms with van der Waals surface area (Å²) in [5, 5.41) is 12.6. The second-order valence-corrected chi connectivity index (χ2v) is 4.38. The molecule has 0 aliphatic heterocycles. The zero-order valence-electron chi connectivity index (χ0n) is 9.86. The fourth-order valence-electron chi connectivity index (χ4n) is 1.17. The van der Waals surface area contributed by atoms with Crippen LogP contribution in [0.1, 0.15) is 6.92 Å². The second-order valence-electron chi connectivity index (χ2n) is 3.30. The van der Waals surface area contributed by atoms with E-state index in [0.717, 1.165) is 6.54 Å². The van der Waals surface area contributed by atoms with E-state index in [0.29, 0.717) is 25.9 Å². The first-order chi connectivity index (χ1) is 7.26. The van der Waals surface area contributed by atoms with Gasteiger partial charge in [0.05, 0.1) is 26.4 Å². The number of thioether (sulfide) groups is 1. The molecular weight excluding hydrogens is 214 g/mol. The third-order valence-corrected chi connectivity index (χ3v) is 3.35. The number of methoxy groups -OCH3 is 1. The van der Waals surface area contributed by atoms with E-state index in [1.165, 1.54) is 0 Å². The average Bonchev–Trinajstić information content (AvgIpc) is 2.25. The fraction of sp³-hybridized carbons (Fsp3) is 1.00. The molecule has 0 fully saturated rings. The predicted molar refractivity (Wildman–Crippen MR) is 64.5 cm³/mol. The quantitative estimate of drug-likeness (QED) is 0.537. The zero-order valence-corrected chi connectivity index (χ0v) is 10.7. The van der Waals surface area contributed by atoms with Gasteiger partial charge in [-0.05, 0) is 13.2 Å². The lowest BCUT2D eigenvalue weighted by Gasteiger charge is -2.21. The van der Waals surface area contributed by atoms with Gasteiger partial charge < -0.3 is 19.9 Å². The summed E-state index contributed by atoms with van der Waals surface area (Å²) in [6.07, 6.45) is 2.01. The number of aliphatic hydroxyl groups is 1. The molecule has 0 heterocycles. The topological polar surface area (TPSA) is 50.7 Å². The van der Waals surface area contributed by atoms with Gasteiger partial charge in [-0.3, -0.25) is 0 Å². The lowest BCUT2D eigenvalue weighted by molar-refractivity contribution is 0.0710. The molecule has 92 valence electrons. The Hall–Kier alpha value is 0.190. The van der Waals surface area contributed by atoms with E-state index in [9.17, 15) is 0 Å². The summed E-state index contributed by atoms with van der Waals surface area (Å²) < 4.78 is 10.2. The van der Waals surface area contributed by atoms with Crippen molar-refractivity contribution in [3.63, 3.8) is 0 Å². The molecule has 0 bridgehead atoms. The molecule has 0 aliphatic carbocycles. The number of ether oxygens (including phenoxy) is 2. The van der Waals surface area contributed by atoms with Gasteiger partial charge in [0.2, 0.25) is 0 Å². The van der Waals surface area contributed by atoms with Gasteiger partial charge in [0.1, 0.15) is 0 Å². The number of aliphatic hydroxyl groups excluding tert-OH is 1. The summed E-state index contributed by atoms with van der Waals surface area (Å²) in [6.45, 7) is 5.05. The molecule has 0 aromatic heterocycles. The molecule has 0 aromatic carbocycles. The molecule has 0 aliphatic rings. The summed E-state index contributed by atoms with van der Waals surface area (Å²) in [5.41, 5.74) is 0. The molecule has 0 saturated heterocycles. The molecule has 0 spiro atoms. The third-order valence-electron chi connectivity index (χ3n) is 2.18.